The second-order valence-corrected chi connectivity index (χ2v) is 4.49. The summed E-state index contributed by atoms with van der Waals surface area (Å²) in [6, 6.07) is 0. The number of rotatable bonds is 0. The minimum absolute atomic E-state index is 0.152. The predicted molar refractivity (Wildman–Crippen MR) is 46.3 cm³/mol. The highest BCUT2D eigenvalue weighted by atomic mass is 16.7. The lowest BCUT2D eigenvalue weighted by atomic mass is 9.72. The summed E-state index contributed by atoms with van der Waals surface area (Å²) in [5.41, 5.74) is 1.31. The van der Waals surface area contributed by atoms with E-state index in [-0.39, 0.29) is 5.41 Å². The fourth-order valence-electron chi connectivity index (χ4n) is 3.43. The molecule has 0 unspecified atom stereocenters. The van der Waals surface area contributed by atoms with Crippen LogP contribution in [0.15, 0.2) is 17.3 Å². The van der Waals surface area contributed by atoms with Crippen LogP contribution >= 0.6 is 0 Å². The summed E-state index contributed by atoms with van der Waals surface area (Å²) in [7, 11) is 0. The first-order valence-corrected chi connectivity index (χ1v) is 4.90. The van der Waals surface area contributed by atoms with Gasteiger partial charge in [0.2, 0.25) is 0 Å². The van der Waals surface area contributed by atoms with Crippen LogP contribution in [0.3, 0.4) is 0 Å². The molecule has 0 aromatic rings. The molecule has 0 aromatic heterocycles. The van der Waals surface area contributed by atoms with Crippen LogP contribution in [0.2, 0.25) is 0 Å². The minimum atomic E-state index is 0.152. The SMILES string of the molecule is C1=C[C@H]2C[C@@H]1[C@]13COCC1=NO[C@H]23. The Balaban J connectivity index is 1.92. The molecule has 13 heavy (non-hydrogen) atoms. The van der Waals surface area contributed by atoms with E-state index in [0.717, 1.165) is 12.3 Å². The highest BCUT2D eigenvalue weighted by Crippen LogP contribution is 2.58. The standard InChI is InChI=1S/C10H11NO2/c1-2-7-3-6(1)9-10(7)5-12-4-8(10)11-13-9/h1-2,6-7,9H,3-5H2/t6-,7+,9+,10+/m0/s1. The van der Waals surface area contributed by atoms with E-state index in [0.29, 0.717) is 24.5 Å². The molecule has 2 aliphatic heterocycles. The Labute approximate surface area is 76.4 Å². The first-order valence-electron chi connectivity index (χ1n) is 4.90. The molecular weight excluding hydrogens is 166 g/mol. The van der Waals surface area contributed by atoms with Gasteiger partial charge in [0.15, 0.2) is 0 Å². The van der Waals surface area contributed by atoms with E-state index >= 15 is 0 Å². The van der Waals surface area contributed by atoms with Crippen LogP contribution in [0.25, 0.3) is 0 Å². The van der Waals surface area contributed by atoms with Crippen molar-refractivity contribution >= 4 is 5.71 Å². The summed E-state index contributed by atoms with van der Waals surface area (Å²) in [5, 5.41) is 4.17. The van der Waals surface area contributed by atoms with Crippen LogP contribution in [0.5, 0.6) is 0 Å². The van der Waals surface area contributed by atoms with Crippen molar-refractivity contribution in [2.75, 3.05) is 13.2 Å². The van der Waals surface area contributed by atoms with Gasteiger partial charge >= 0.3 is 0 Å². The summed E-state index contributed by atoms with van der Waals surface area (Å²) in [6.07, 6.45) is 6.16. The monoisotopic (exact) mass is 177 g/mol. The average Bonchev–Trinajstić information content (AvgIpc) is 2.78. The normalized spacial score (nSPS) is 54.8. The highest BCUT2D eigenvalue weighted by molar-refractivity contribution is 5.95. The molecule has 4 atom stereocenters. The molecule has 1 saturated carbocycles. The number of oxime groups is 1. The molecule has 3 heteroatoms. The average molecular weight is 177 g/mol. The third kappa shape index (κ3) is 0.528. The molecule has 4 rings (SSSR count). The van der Waals surface area contributed by atoms with Gasteiger partial charge in [-0.15, -0.1) is 0 Å². The Bertz CT molecular complexity index is 336. The van der Waals surface area contributed by atoms with Crippen molar-refractivity contribution in [3.63, 3.8) is 0 Å². The van der Waals surface area contributed by atoms with E-state index in [9.17, 15) is 0 Å². The van der Waals surface area contributed by atoms with Crippen LogP contribution in [-0.4, -0.2) is 25.0 Å². The van der Waals surface area contributed by atoms with Gasteiger partial charge in [-0.1, -0.05) is 17.3 Å². The number of hydrogen-bond donors (Lipinski definition) is 0. The lowest BCUT2D eigenvalue weighted by Gasteiger charge is -2.29. The molecule has 2 aliphatic carbocycles. The smallest absolute Gasteiger partial charge is 0.147 e. The minimum Gasteiger partial charge on any atom is -0.391 e. The number of allylic oxidation sites excluding steroid dienone is 1. The van der Waals surface area contributed by atoms with Crippen molar-refractivity contribution in [2.45, 2.75) is 12.5 Å². The molecule has 0 N–H and O–H groups in total. The summed E-state index contributed by atoms with van der Waals surface area (Å²) in [5.74, 6) is 1.22. The third-order valence-electron chi connectivity index (χ3n) is 4.07. The van der Waals surface area contributed by atoms with E-state index in [2.05, 4.69) is 17.3 Å². The largest absolute Gasteiger partial charge is 0.391 e. The van der Waals surface area contributed by atoms with E-state index in [1.165, 1.54) is 6.42 Å². The van der Waals surface area contributed by atoms with E-state index in [1.807, 2.05) is 0 Å². The highest BCUT2D eigenvalue weighted by Gasteiger charge is 2.65. The molecule has 1 spiro atoms. The molecule has 0 amide bonds. The van der Waals surface area contributed by atoms with Gasteiger partial charge in [0.1, 0.15) is 6.10 Å². The number of hydrogen-bond acceptors (Lipinski definition) is 3. The van der Waals surface area contributed by atoms with Gasteiger partial charge < -0.3 is 9.57 Å². The second-order valence-electron chi connectivity index (χ2n) is 4.49. The van der Waals surface area contributed by atoms with Gasteiger partial charge in [0.25, 0.3) is 0 Å². The number of nitrogens with zero attached hydrogens (tertiary/aromatic N) is 1. The predicted octanol–water partition coefficient (Wildman–Crippen LogP) is 0.964. The van der Waals surface area contributed by atoms with Crippen LogP contribution in [-0.2, 0) is 9.57 Å². The van der Waals surface area contributed by atoms with Gasteiger partial charge in [-0.25, -0.2) is 0 Å². The fraction of sp³-hybridized carbons (Fsp3) is 0.700. The summed E-state index contributed by atoms with van der Waals surface area (Å²) in [4.78, 5) is 5.53. The van der Waals surface area contributed by atoms with Gasteiger partial charge in [0, 0.05) is 5.92 Å². The Morgan fingerprint density at radius 3 is 3.46 bits per heavy atom. The van der Waals surface area contributed by atoms with Gasteiger partial charge in [-0.05, 0) is 12.3 Å². The Morgan fingerprint density at radius 2 is 2.46 bits per heavy atom. The molecular formula is C10H11NO2. The van der Waals surface area contributed by atoms with Crippen LogP contribution in [0, 0.1) is 17.3 Å². The maximum atomic E-state index is 5.53. The zero-order valence-electron chi connectivity index (χ0n) is 7.27. The molecule has 68 valence electrons. The van der Waals surface area contributed by atoms with Crippen molar-refractivity contribution in [1.29, 1.82) is 0 Å². The maximum absolute atomic E-state index is 5.53. The van der Waals surface area contributed by atoms with Crippen molar-refractivity contribution in [1.82, 2.24) is 0 Å². The van der Waals surface area contributed by atoms with Gasteiger partial charge in [0.05, 0.1) is 24.3 Å². The second kappa shape index (κ2) is 1.82. The lowest BCUT2D eigenvalue weighted by Crippen LogP contribution is -2.41. The molecule has 0 radical (unpaired) electrons. The number of ether oxygens (including phenoxy) is 1. The zero-order chi connectivity index (χ0) is 8.47. The molecule has 2 bridgehead atoms. The topological polar surface area (TPSA) is 30.8 Å². The van der Waals surface area contributed by atoms with Crippen molar-refractivity contribution in [3.05, 3.63) is 12.2 Å². The molecule has 2 fully saturated rings. The van der Waals surface area contributed by atoms with Crippen LogP contribution in [0.1, 0.15) is 6.42 Å². The Hall–Kier alpha value is -0.830. The third-order valence-corrected chi connectivity index (χ3v) is 4.07. The van der Waals surface area contributed by atoms with Crippen LogP contribution in [0.4, 0.5) is 0 Å². The Morgan fingerprint density at radius 1 is 1.46 bits per heavy atom. The molecule has 1 saturated heterocycles. The van der Waals surface area contributed by atoms with Gasteiger partial charge in [-0.3, -0.25) is 0 Å². The van der Waals surface area contributed by atoms with Crippen LogP contribution < -0.4 is 0 Å². The first kappa shape index (κ1) is 6.60. The summed E-state index contributed by atoms with van der Waals surface area (Å²) in [6.45, 7) is 1.51. The zero-order valence-corrected chi connectivity index (χ0v) is 7.27. The molecule has 0 aromatic carbocycles. The van der Waals surface area contributed by atoms with Gasteiger partial charge in [-0.2, -0.15) is 0 Å². The molecule has 4 aliphatic rings. The first-order chi connectivity index (χ1) is 6.41. The summed E-state index contributed by atoms with van der Waals surface area (Å²) >= 11 is 0. The summed E-state index contributed by atoms with van der Waals surface area (Å²) < 4.78 is 5.52. The maximum Gasteiger partial charge on any atom is 0.147 e. The molecule has 3 nitrogen and oxygen atoms in total. The molecule has 2 heterocycles. The van der Waals surface area contributed by atoms with Crippen molar-refractivity contribution in [2.24, 2.45) is 22.4 Å². The van der Waals surface area contributed by atoms with E-state index in [1.54, 1.807) is 0 Å². The number of fused-ring (bicyclic) bond motifs is 3. The van der Waals surface area contributed by atoms with E-state index in [4.69, 9.17) is 9.57 Å². The lowest BCUT2D eigenvalue weighted by molar-refractivity contribution is -0.0101. The van der Waals surface area contributed by atoms with Crippen molar-refractivity contribution in [3.8, 4) is 0 Å². The van der Waals surface area contributed by atoms with Crippen molar-refractivity contribution < 1.29 is 9.57 Å². The quantitative estimate of drug-likeness (QED) is 0.516. The van der Waals surface area contributed by atoms with E-state index < -0.39 is 0 Å². The Kier molecular flexibility index (Phi) is 0.926. The fourth-order valence-corrected chi connectivity index (χ4v) is 3.43.